The van der Waals surface area contributed by atoms with Crippen LogP contribution < -0.4 is 20.9 Å². The summed E-state index contributed by atoms with van der Waals surface area (Å²) in [6, 6.07) is 20.7. The van der Waals surface area contributed by atoms with E-state index < -0.39 is 0 Å². The van der Waals surface area contributed by atoms with E-state index in [2.05, 4.69) is 77.3 Å². The zero-order valence-corrected chi connectivity index (χ0v) is 23.8. The average molecular weight is 563 g/mol. The molecule has 7 nitrogen and oxygen atoms in total. The van der Waals surface area contributed by atoms with E-state index in [9.17, 15) is 4.79 Å². The molecule has 0 saturated carbocycles. The fraction of sp³-hybridized carbons (Fsp3) is 0.250. The molecule has 0 aliphatic carbocycles. The molecule has 196 valence electrons. The van der Waals surface area contributed by atoms with Crippen LogP contribution in [-0.2, 0) is 4.79 Å². The third-order valence-corrected chi connectivity index (χ3v) is 8.68. The number of rotatable bonds is 11. The normalized spacial score (nSPS) is 14.4. The molecule has 0 atom stereocenters. The highest BCUT2D eigenvalue weighted by Gasteiger charge is 2.29. The van der Waals surface area contributed by atoms with Crippen molar-refractivity contribution in [2.75, 3.05) is 35.8 Å². The number of unbranched alkanes of at least 4 members (excludes halogenated alkanes) is 2. The van der Waals surface area contributed by atoms with Crippen molar-refractivity contribution in [3.63, 3.8) is 0 Å². The van der Waals surface area contributed by atoms with Gasteiger partial charge in [-0.1, -0.05) is 49.3 Å². The highest BCUT2D eigenvalue weighted by molar-refractivity contribution is 7.80. The van der Waals surface area contributed by atoms with E-state index in [1.165, 1.54) is 0 Å². The second-order valence-electron chi connectivity index (χ2n) is 8.96. The summed E-state index contributed by atoms with van der Waals surface area (Å²) in [6.07, 6.45) is 5.16. The Kier molecular flexibility index (Phi) is 8.21. The Morgan fingerprint density at radius 3 is 2.55 bits per heavy atom. The van der Waals surface area contributed by atoms with Gasteiger partial charge in [-0.25, -0.2) is 4.98 Å². The first-order chi connectivity index (χ1) is 18.5. The van der Waals surface area contributed by atoms with Gasteiger partial charge in [-0.2, -0.15) is 0 Å². The van der Waals surface area contributed by atoms with E-state index in [4.69, 9.17) is 17.2 Å². The number of benzene rings is 2. The Bertz CT molecular complexity index is 1410. The van der Waals surface area contributed by atoms with Gasteiger partial charge in [-0.3, -0.25) is 10.1 Å². The highest BCUT2D eigenvalue weighted by atomic mass is 32.1. The van der Waals surface area contributed by atoms with Crippen molar-refractivity contribution in [2.24, 2.45) is 0 Å². The molecule has 3 N–H and O–H groups in total. The highest BCUT2D eigenvalue weighted by Crippen LogP contribution is 2.34. The molecule has 1 fully saturated rings. The van der Waals surface area contributed by atoms with Gasteiger partial charge in [0.1, 0.15) is 10.5 Å². The van der Waals surface area contributed by atoms with Gasteiger partial charge in [0.2, 0.25) is 0 Å². The molecular formula is C28H30N6OS3. The molecule has 0 unspecified atom stereocenters. The Morgan fingerprint density at radius 1 is 1.05 bits per heavy atom. The van der Waals surface area contributed by atoms with Crippen molar-refractivity contribution in [3.05, 3.63) is 71.2 Å². The first-order valence-electron chi connectivity index (χ1n) is 12.6. The number of anilines is 4. The lowest BCUT2D eigenvalue weighted by atomic mass is 10.2. The summed E-state index contributed by atoms with van der Waals surface area (Å²) in [4.78, 5) is 23.2. The van der Waals surface area contributed by atoms with Crippen LogP contribution in [0.15, 0.2) is 66.4 Å². The second kappa shape index (κ2) is 11.9. The van der Waals surface area contributed by atoms with Gasteiger partial charge in [0.05, 0.1) is 11.4 Å². The van der Waals surface area contributed by atoms with E-state index in [1.54, 1.807) is 22.7 Å². The molecule has 10 heteroatoms. The van der Waals surface area contributed by atoms with Crippen molar-refractivity contribution in [3.8, 4) is 0 Å². The molecule has 2 aromatic heterocycles. The van der Waals surface area contributed by atoms with Crippen molar-refractivity contribution in [2.45, 2.75) is 26.2 Å². The number of thiazole rings is 1. The van der Waals surface area contributed by atoms with Gasteiger partial charge in [0, 0.05) is 35.5 Å². The van der Waals surface area contributed by atoms with Crippen LogP contribution in [0.2, 0.25) is 0 Å². The average Bonchev–Trinajstić information content (AvgIpc) is 3.56. The fourth-order valence-corrected chi connectivity index (χ4v) is 6.55. The molecule has 1 saturated heterocycles. The lowest BCUT2D eigenvalue weighted by Gasteiger charge is -2.19. The van der Waals surface area contributed by atoms with Crippen LogP contribution >= 0.6 is 34.9 Å². The number of thiophene rings is 1. The van der Waals surface area contributed by atoms with Crippen LogP contribution in [0.3, 0.4) is 0 Å². The van der Waals surface area contributed by atoms with Crippen molar-refractivity contribution in [1.29, 1.82) is 0 Å². The molecule has 0 radical (unpaired) electrons. The quantitative estimate of drug-likeness (QED) is 0.0799. The number of amides is 1. The maximum atomic E-state index is 12.5. The molecule has 38 heavy (non-hydrogen) atoms. The summed E-state index contributed by atoms with van der Waals surface area (Å²) in [5, 5.41) is 10.9. The topological polar surface area (TPSA) is 72.5 Å². The van der Waals surface area contributed by atoms with Crippen molar-refractivity contribution >= 4 is 83.7 Å². The Labute approximate surface area is 236 Å². The number of para-hydroxylation sites is 1. The smallest absolute Gasteiger partial charge is 0.274 e. The molecule has 4 aromatic rings. The van der Waals surface area contributed by atoms with Crippen molar-refractivity contribution in [1.82, 2.24) is 15.2 Å². The van der Waals surface area contributed by atoms with Gasteiger partial charge in [0.15, 0.2) is 10.2 Å². The summed E-state index contributed by atoms with van der Waals surface area (Å²) in [7, 11) is 2.07. The minimum Gasteiger partial charge on any atom is -0.368 e. The molecule has 0 spiro atoms. The number of carbonyl (C=O) groups excluding carboxylic acids is 1. The molecule has 1 aliphatic rings. The predicted octanol–water partition coefficient (Wildman–Crippen LogP) is 6.86. The number of fused-ring (bicyclic) bond motifs is 1. The zero-order chi connectivity index (χ0) is 26.5. The summed E-state index contributed by atoms with van der Waals surface area (Å²) < 4.78 is 1.09. The minimum absolute atomic E-state index is 0.135. The molecule has 2 aromatic carbocycles. The number of thiocarbonyl (C=S) groups is 1. The second-order valence-corrected chi connectivity index (χ2v) is 11.4. The van der Waals surface area contributed by atoms with Crippen LogP contribution in [0.4, 0.5) is 22.2 Å². The third kappa shape index (κ3) is 5.98. The molecule has 3 heterocycles. The Balaban J connectivity index is 1.17. The maximum Gasteiger partial charge on any atom is 0.274 e. The summed E-state index contributed by atoms with van der Waals surface area (Å²) in [5.41, 5.74) is 3.92. The third-order valence-electron chi connectivity index (χ3n) is 6.29. The van der Waals surface area contributed by atoms with E-state index in [0.29, 0.717) is 17.5 Å². The summed E-state index contributed by atoms with van der Waals surface area (Å²) >= 11 is 8.55. The largest absolute Gasteiger partial charge is 0.368 e. The minimum atomic E-state index is -0.135. The standard InChI is InChI=1S/C28H30N6OS3/c1-3-4-8-15-34-23(25(35)31-28(34)36)16-22-17-24-26(37-22)32-27(38-24)30-18-29-19-11-13-21(14-12-19)33(2)20-9-6-5-7-10-20/h5-7,9-14,16-17,29H,3-4,8,15,18H2,1-2H3,(H,30,32)(H,31,35,36)/b23-16+. The number of nitrogens with zero attached hydrogens (tertiary/aromatic N) is 3. The SMILES string of the molecule is CCCCCN1C(=S)NC(=O)/C1=C\c1cc2sc(NCNc3ccc(N(C)c4ccccc4)cc3)nc2s1. The summed E-state index contributed by atoms with van der Waals surface area (Å²) in [5.74, 6) is -0.135. The number of hydrogen-bond donors (Lipinski definition) is 3. The van der Waals surface area contributed by atoms with Crippen LogP contribution in [0, 0.1) is 0 Å². The molecule has 1 aliphatic heterocycles. The van der Waals surface area contributed by atoms with E-state index >= 15 is 0 Å². The summed E-state index contributed by atoms with van der Waals surface area (Å²) in [6.45, 7) is 3.48. The lowest BCUT2D eigenvalue weighted by Crippen LogP contribution is -2.28. The number of nitrogens with one attached hydrogen (secondary N) is 3. The Morgan fingerprint density at radius 2 is 1.82 bits per heavy atom. The number of carbonyl (C=O) groups is 1. The number of hydrogen-bond acceptors (Lipinski definition) is 8. The van der Waals surface area contributed by atoms with Gasteiger partial charge in [-0.15, -0.1) is 11.3 Å². The fourth-order valence-electron chi connectivity index (χ4n) is 4.21. The van der Waals surface area contributed by atoms with E-state index in [-0.39, 0.29) is 5.91 Å². The molecule has 5 rings (SSSR count). The van der Waals surface area contributed by atoms with Gasteiger partial charge in [0.25, 0.3) is 5.91 Å². The molecular weight excluding hydrogens is 533 g/mol. The van der Waals surface area contributed by atoms with Crippen LogP contribution in [0.1, 0.15) is 31.1 Å². The Hall–Kier alpha value is -3.47. The monoisotopic (exact) mass is 562 g/mol. The molecule has 0 bridgehead atoms. The first kappa shape index (κ1) is 26.1. The lowest BCUT2D eigenvalue weighted by molar-refractivity contribution is -0.115. The van der Waals surface area contributed by atoms with E-state index in [1.807, 2.05) is 29.2 Å². The van der Waals surface area contributed by atoms with Crippen molar-refractivity contribution < 1.29 is 4.79 Å². The van der Waals surface area contributed by atoms with Crippen LogP contribution in [-0.4, -0.2) is 41.2 Å². The number of aromatic nitrogens is 1. The molecule has 1 amide bonds. The zero-order valence-electron chi connectivity index (χ0n) is 21.4. The van der Waals surface area contributed by atoms with Gasteiger partial charge < -0.3 is 20.4 Å². The first-order valence-corrected chi connectivity index (χ1v) is 14.7. The van der Waals surface area contributed by atoms with Crippen LogP contribution in [0.25, 0.3) is 15.6 Å². The van der Waals surface area contributed by atoms with E-state index in [0.717, 1.165) is 62.4 Å². The maximum absolute atomic E-state index is 12.5. The predicted molar refractivity (Wildman–Crippen MR) is 166 cm³/mol. The van der Waals surface area contributed by atoms with Crippen LogP contribution in [0.5, 0.6) is 0 Å². The van der Waals surface area contributed by atoms with Gasteiger partial charge in [-0.05, 0) is 67.2 Å². The van der Waals surface area contributed by atoms with Gasteiger partial charge >= 0.3 is 0 Å².